The molecule has 0 aliphatic carbocycles. The quantitative estimate of drug-likeness (QED) is 0.557. The van der Waals surface area contributed by atoms with Crippen molar-refractivity contribution in [3.05, 3.63) is 57.5 Å². The molecule has 1 aromatic carbocycles. The molecule has 0 amide bonds. The number of thiophene rings is 1. The molecule has 1 aliphatic rings. The van der Waals surface area contributed by atoms with E-state index >= 15 is 0 Å². The lowest BCUT2D eigenvalue weighted by Gasteiger charge is -2.24. The Morgan fingerprint density at radius 1 is 1.24 bits per heavy atom. The van der Waals surface area contributed by atoms with Gasteiger partial charge in [0.1, 0.15) is 4.70 Å². The van der Waals surface area contributed by atoms with Crippen LogP contribution in [0.2, 0.25) is 0 Å². The first-order chi connectivity index (χ1) is 12.1. The molecule has 0 N–H and O–H groups in total. The number of aryl methyl sites for hydroxylation is 1. The van der Waals surface area contributed by atoms with Gasteiger partial charge in [-0.15, -0.1) is 21.5 Å². The monoisotopic (exact) mass is 351 g/mol. The Bertz CT molecular complexity index is 1170. The summed E-state index contributed by atoms with van der Waals surface area (Å²) in [6, 6.07) is 10.9. The summed E-state index contributed by atoms with van der Waals surface area (Å²) in [5.74, 6) is 1.45. The second-order valence-electron chi connectivity index (χ2n) is 6.56. The number of rotatable bonds is 2. The molecule has 0 spiro atoms. The van der Waals surface area contributed by atoms with E-state index in [4.69, 9.17) is 0 Å². The molecule has 0 fully saturated rings. The van der Waals surface area contributed by atoms with Gasteiger partial charge in [-0.25, -0.2) is 0 Å². The summed E-state index contributed by atoms with van der Waals surface area (Å²) < 4.78 is 4.34. The molecule has 1 aliphatic heterocycles. The maximum absolute atomic E-state index is 12.5. The van der Waals surface area contributed by atoms with Gasteiger partial charge in [-0.1, -0.05) is 18.2 Å². The fraction of sp³-hybridized carbons (Fsp3) is 0.278. The van der Waals surface area contributed by atoms with Crippen molar-refractivity contribution in [2.45, 2.75) is 25.9 Å². The first-order valence-corrected chi connectivity index (χ1v) is 9.18. The van der Waals surface area contributed by atoms with Gasteiger partial charge in [0.25, 0.3) is 5.56 Å². The van der Waals surface area contributed by atoms with Gasteiger partial charge < -0.3 is 4.90 Å². The van der Waals surface area contributed by atoms with Crippen LogP contribution in [-0.4, -0.2) is 25.2 Å². The van der Waals surface area contributed by atoms with Crippen molar-refractivity contribution >= 4 is 33.0 Å². The van der Waals surface area contributed by atoms with Crippen LogP contribution in [0.1, 0.15) is 18.3 Å². The number of hydrogen-bond acceptors (Lipinski definition) is 5. The van der Waals surface area contributed by atoms with Gasteiger partial charge in [0, 0.05) is 18.8 Å². The largest absolute Gasteiger partial charge is 0.361 e. The fourth-order valence-corrected chi connectivity index (χ4v) is 4.63. The summed E-state index contributed by atoms with van der Waals surface area (Å²) >= 11 is 1.46. The van der Waals surface area contributed by atoms with Crippen LogP contribution in [0.5, 0.6) is 0 Å². The molecule has 7 heteroatoms. The molecule has 4 aromatic rings. The highest BCUT2D eigenvalue weighted by molar-refractivity contribution is 7.17. The Morgan fingerprint density at radius 3 is 2.96 bits per heavy atom. The van der Waals surface area contributed by atoms with Crippen LogP contribution in [0.3, 0.4) is 0 Å². The summed E-state index contributed by atoms with van der Waals surface area (Å²) in [4.78, 5) is 14.8. The second kappa shape index (κ2) is 5.16. The van der Waals surface area contributed by atoms with E-state index in [9.17, 15) is 4.79 Å². The van der Waals surface area contributed by atoms with Crippen molar-refractivity contribution in [1.82, 2.24) is 19.2 Å². The first kappa shape index (κ1) is 14.7. The molecule has 4 heterocycles. The molecule has 126 valence electrons. The minimum atomic E-state index is -0.0173. The van der Waals surface area contributed by atoms with Crippen LogP contribution in [0.4, 0.5) is 5.69 Å². The topological polar surface area (TPSA) is 55.4 Å². The normalized spacial score (nSPS) is 16.9. The third-order valence-electron chi connectivity index (χ3n) is 5.06. The van der Waals surface area contributed by atoms with Crippen molar-refractivity contribution in [3.63, 3.8) is 0 Å². The maximum Gasteiger partial charge on any atom is 0.272 e. The molecular formula is C18H17N5OS. The summed E-state index contributed by atoms with van der Waals surface area (Å²) in [6.45, 7) is 2.90. The molecule has 0 saturated carbocycles. The lowest BCUT2D eigenvalue weighted by molar-refractivity contribution is 0.652. The van der Waals surface area contributed by atoms with Crippen molar-refractivity contribution < 1.29 is 0 Å². The molecule has 25 heavy (non-hydrogen) atoms. The second-order valence-corrected chi connectivity index (χ2v) is 7.48. The SMILES string of the molecule is C[C@@H]1Cc2ccccc2N1Cc1nnc2n(C)c(=O)c3sccc3n12. The van der Waals surface area contributed by atoms with Crippen LogP contribution in [0.25, 0.3) is 16.0 Å². The number of fused-ring (bicyclic) bond motifs is 4. The zero-order chi connectivity index (χ0) is 17.1. The standard InChI is InChI=1S/C18H17N5OS/c1-11-9-12-5-3-4-6-13(12)22(11)10-15-19-20-18-21(2)17(24)16-14(23(15)18)7-8-25-16/h3-8,11H,9-10H2,1-2H3/t11-/m1/s1. The molecular weight excluding hydrogens is 334 g/mol. The number of hydrogen-bond donors (Lipinski definition) is 0. The number of para-hydroxylation sites is 1. The van der Waals surface area contributed by atoms with E-state index in [2.05, 4.69) is 46.3 Å². The Hall–Kier alpha value is -2.67. The summed E-state index contributed by atoms with van der Waals surface area (Å²) in [6.07, 6.45) is 1.04. The summed E-state index contributed by atoms with van der Waals surface area (Å²) in [5.41, 5.74) is 3.51. The van der Waals surface area contributed by atoms with Gasteiger partial charge in [0.15, 0.2) is 5.82 Å². The maximum atomic E-state index is 12.5. The Morgan fingerprint density at radius 2 is 2.08 bits per heavy atom. The Balaban J connectivity index is 1.69. The van der Waals surface area contributed by atoms with E-state index in [1.165, 1.54) is 22.6 Å². The van der Waals surface area contributed by atoms with Gasteiger partial charge in [-0.05, 0) is 36.4 Å². The highest BCUT2D eigenvalue weighted by Crippen LogP contribution is 2.33. The average molecular weight is 351 g/mol. The van der Waals surface area contributed by atoms with Gasteiger partial charge in [0.05, 0.1) is 12.1 Å². The Kier molecular flexibility index (Phi) is 3.03. The minimum Gasteiger partial charge on any atom is -0.361 e. The molecule has 5 rings (SSSR count). The fourth-order valence-electron chi connectivity index (χ4n) is 3.78. The van der Waals surface area contributed by atoms with Crippen LogP contribution < -0.4 is 10.5 Å². The van der Waals surface area contributed by atoms with Crippen molar-refractivity contribution in [2.24, 2.45) is 7.05 Å². The molecule has 0 bridgehead atoms. The molecule has 3 aromatic heterocycles. The third-order valence-corrected chi connectivity index (χ3v) is 5.95. The van der Waals surface area contributed by atoms with E-state index in [0.29, 0.717) is 18.4 Å². The van der Waals surface area contributed by atoms with Crippen molar-refractivity contribution in [1.29, 1.82) is 0 Å². The van der Waals surface area contributed by atoms with Crippen LogP contribution in [-0.2, 0) is 20.0 Å². The van der Waals surface area contributed by atoms with Gasteiger partial charge in [0.2, 0.25) is 5.78 Å². The van der Waals surface area contributed by atoms with E-state index in [1.54, 1.807) is 11.6 Å². The third kappa shape index (κ3) is 1.99. The van der Waals surface area contributed by atoms with Gasteiger partial charge in [-0.3, -0.25) is 13.8 Å². The average Bonchev–Trinajstić information content (AvgIpc) is 3.31. The van der Waals surface area contributed by atoms with Crippen LogP contribution in [0.15, 0.2) is 40.5 Å². The molecule has 6 nitrogen and oxygen atoms in total. The predicted molar refractivity (Wildman–Crippen MR) is 99.4 cm³/mol. The highest BCUT2D eigenvalue weighted by atomic mass is 32.1. The molecule has 0 unspecified atom stereocenters. The summed E-state index contributed by atoms with van der Waals surface area (Å²) in [7, 11) is 1.75. The zero-order valence-electron chi connectivity index (χ0n) is 14.0. The number of aromatic nitrogens is 4. The van der Waals surface area contributed by atoms with Crippen molar-refractivity contribution in [3.8, 4) is 0 Å². The highest BCUT2D eigenvalue weighted by Gasteiger charge is 2.27. The number of anilines is 1. The summed E-state index contributed by atoms with van der Waals surface area (Å²) in [5, 5.41) is 10.6. The minimum absolute atomic E-state index is 0.0173. The number of nitrogens with zero attached hydrogens (tertiary/aromatic N) is 5. The van der Waals surface area contributed by atoms with Crippen LogP contribution in [0, 0.1) is 0 Å². The molecule has 0 radical (unpaired) electrons. The zero-order valence-corrected chi connectivity index (χ0v) is 14.8. The van der Waals surface area contributed by atoms with Crippen LogP contribution >= 0.6 is 11.3 Å². The van der Waals surface area contributed by atoms with Gasteiger partial charge >= 0.3 is 0 Å². The van der Waals surface area contributed by atoms with E-state index in [1.807, 2.05) is 15.8 Å². The van der Waals surface area contributed by atoms with Gasteiger partial charge in [-0.2, -0.15) is 0 Å². The Labute approximate surface area is 148 Å². The smallest absolute Gasteiger partial charge is 0.272 e. The van der Waals surface area contributed by atoms with E-state index in [-0.39, 0.29) is 5.56 Å². The lowest BCUT2D eigenvalue weighted by Crippen LogP contribution is -2.29. The predicted octanol–water partition coefficient (Wildman–Crippen LogP) is 2.59. The lowest BCUT2D eigenvalue weighted by atomic mass is 10.1. The molecule has 1 atom stereocenters. The first-order valence-electron chi connectivity index (χ1n) is 8.30. The van der Waals surface area contributed by atoms with Crippen molar-refractivity contribution in [2.75, 3.05) is 4.90 Å². The number of benzene rings is 1. The van der Waals surface area contributed by atoms with E-state index in [0.717, 1.165) is 22.5 Å². The van der Waals surface area contributed by atoms with E-state index < -0.39 is 0 Å². The molecule has 0 saturated heterocycles.